The van der Waals surface area contributed by atoms with Gasteiger partial charge in [0.15, 0.2) is 0 Å². The van der Waals surface area contributed by atoms with Crippen molar-refractivity contribution in [3.63, 3.8) is 0 Å². The molecule has 2 atom stereocenters. The second kappa shape index (κ2) is 3.73. The smallest absolute Gasteiger partial charge is 0.0867 e. The molecule has 0 spiro atoms. The fraction of sp³-hybridized carbons (Fsp3) is 1.00. The van der Waals surface area contributed by atoms with Gasteiger partial charge in [0.1, 0.15) is 0 Å². The molecule has 72 valence electrons. The second-order valence-electron chi connectivity index (χ2n) is 4.33. The molecule has 1 rings (SSSR count). The highest BCUT2D eigenvalue weighted by Gasteiger charge is 2.26. The molecule has 1 heterocycles. The van der Waals surface area contributed by atoms with E-state index < -0.39 is 5.60 Å². The molecule has 0 radical (unpaired) electrons. The highest BCUT2D eigenvalue weighted by atomic mass is 16.3. The lowest BCUT2D eigenvalue weighted by molar-refractivity contribution is 0.0337. The Morgan fingerprint density at radius 2 is 2.33 bits per heavy atom. The van der Waals surface area contributed by atoms with Crippen molar-refractivity contribution >= 4 is 0 Å². The molecule has 0 bridgehead atoms. The van der Waals surface area contributed by atoms with Crippen LogP contribution < -0.4 is 5.73 Å². The normalized spacial score (nSPS) is 30.5. The van der Waals surface area contributed by atoms with Crippen LogP contribution >= 0.6 is 0 Å². The summed E-state index contributed by atoms with van der Waals surface area (Å²) >= 11 is 0. The molecule has 0 aromatic carbocycles. The third-order valence-electron chi connectivity index (χ3n) is 2.51. The first kappa shape index (κ1) is 9.96. The summed E-state index contributed by atoms with van der Waals surface area (Å²) in [6, 6.07) is 0. The number of nitrogens with two attached hydrogens (primary N) is 1. The van der Waals surface area contributed by atoms with Crippen molar-refractivity contribution < 1.29 is 5.11 Å². The topological polar surface area (TPSA) is 49.5 Å². The second-order valence-corrected chi connectivity index (χ2v) is 4.33. The van der Waals surface area contributed by atoms with Crippen LogP contribution in [0.3, 0.4) is 0 Å². The first-order chi connectivity index (χ1) is 5.53. The van der Waals surface area contributed by atoms with Gasteiger partial charge in [0.2, 0.25) is 0 Å². The van der Waals surface area contributed by atoms with Crippen molar-refractivity contribution in [3.8, 4) is 0 Å². The van der Waals surface area contributed by atoms with E-state index in [0.29, 0.717) is 13.1 Å². The zero-order valence-corrected chi connectivity index (χ0v) is 8.08. The summed E-state index contributed by atoms with van der Waals surface area (Å²) in [5.41, 5.74) is 4.74. The van der Waals surface area contributed by atoms with E-state index in [1.54, 1.807) is 6.92 Å². The van der Waals surface area contributed by atoms with Crippen molar-refractivity contribution in [1.29, 1.82) is 0 Å². The van der Waals surface area contributed by atoms with E-state index in [4.69, 9.17) is 5.73 Å². The molecule has 0 aliphatic carbocycles. The van der Waals surface area contributed by atoms with Crippen molar-refractivity contribution in [2.75, 3.05) is 26.2 Å². The minimum absolute atomic E-state index is 0.345. The van der Waals surface area contributed by atoms with Crippen LogP contribution in [0, 0.1) is 5.92 Å². The van der Waals surface area contributed by atoms with E-state index in [2.05, 4.69) is 11.8 Å². The molecule has 1 fully saturated rings. The van der Waals surface area contributed by atoms with Crippen LogP contribution in [0.2, 0.25) is 0 Å². The Hall–Kier alpha value is -0.120. The molecule has 1 aliphatic heterocycles. The molecule has 0 aromatic rings. The first-order valence-corrected chi connectivity index (χ1v) is 4.68. The lowest BCUT2D eigenvalue weighted by Gasteiger charge is -2.27. The Bertz CT molecular complexity index is 147. The number of nitrogens with zero attached hydrogens (tertiary/aromatic N) is 1. The third-order valence-corrected chi connectivity index (χ3v) is 2.51. The van der Waals surface area contributed by atoms with Crippen LogP contribution in [0.4, 0.5) is 0 Å². The summed E-state index contributed by atoms with van der Waals surface area (Å²) < 4.78 is 0. The van der Waals surface area contributed by atoms with Crippen LogP contribution in [0.5, 0.6) is 0 Å². The first-order valence-electron chi connectivity index (χ1n) is 4.68. The van der Waals surface area contributed by atoms with Gasteiger partial charge in [-0.3, -0.25) is 0 Å². The van der Waals surface area contributed by atoms with Gasteiger partial charge in [0.25, 0.3) is 0 Å². The lowest BCUT2D eigenvalue weighted by atomic mass is 10.1. The maximum atomic E-state index is 9.70. The number of hydrogen-bond acceptors (Lipinski definition) is 3. The maximum Gasteiger partial charge on any atom is 0.0867 e. The Labute approximate surface area is 74.5 Å². The number of likely N-dealkylation sites (tertiary alicyclic amines) is 1. The molecular weight excluding hydrogens is 152 g/mol. The minimum Gasteiger partial charge on any atom is -0.388 e. The predicted molar refractivity (Wildman–Crippen MR) is 49.9 cm³/mol. The monoisotopic (exact) mass is 172 g/mol. The van der Waals surface area contributed by atoms with E-state index in [1.165, 1.54) is 6.42 Å². The average molecular weight is 172 g/mol. The number of rotatable bonds is 3. The summed E-state index contributed by atoms with van der Waals surface area (Å²) in [7, 11) is 0. The van der Waals surface area contributed by atoms with E-state index in [0.717, 1.165) is 19.0 Å². The summed E-state index contributed by atoms with van der Waals surface area (Å²) in [6.45, 7) is 7.33. The van der Waals surface area contributed by atoms with Gasteiger partial charge in [-0.2, -0.15) is 0 Å². The quantitative estimate of drug-likeness (QED) is 0.632. The van der Waals surface area contributed by atoms with Gasteiger partial charge in [-0.1, -0.05) is 6.92 Å². The minimum atomic E-state index is -0.704. The van der Waals surface area contributed by atoms with Gasteiger partial charge >= 0.3 is 0 Å². The zero-order chi connectivity index (χ0) is 9.19. The van der Waals surface area contributed by atoms with Crippen LogP contribution in [0.25, 0.3) is 0 Å². The van der Waals surface area contributed by atoms with Crippen LogP contribution in [0.1, 0.15) is 20.3 Å². The standard InChI is InChI=1S/C9H20N2O/c1-8-3-4-11(5-8)7-9(2,12)6-10/h8,12H,3-7,10H2,1-2H3. The van der Waals surface area contributed by atoms with Crippen LogP contribution in [-0.4, -0.2) is 41.8 Å². The summed E-state index contributed by atoms with van der Waals surface area (Å²) in [4.78, 5) is 2.29. The molecule has 12 heavy (non-hydrogen) atoms. The Balaban J connectivity index is 2.32. The van der Waals surface area contributed by atoms with Gasteiger partial charge in [-0.25, -0.2) is 0 Å². The SMILES string of the molecule is CC1CCN(CC(C)(O)CN)C1. The Kier molecular flexibility index (Phi) is 3.09. The fourth-order valence-corrected chi connectivity index (χ4v) is 1.72. The molecule has 2 unspecified atom stereocenters. The molecule has 0 saturated carbocycles. The van der Waals surface area contributed by atoms with Gasteiger partial charge in [0.05, 0.1) is 5.60 Å². The molecule has 3 heteroatoms. The van der Waals surface area contributed by atoms with Crippen molar-refractivity contribution in [2.24, 2.45) is 11.7 Å². The Morgan fingerprint density at radius 1 is 1.67 bits per heavy atom. The Morgan fingerprint density at radius 3 is 2.75 bits per heavy atom. The van der Waals surface area contributed by atoms with Crippen LogP contribution in [-0.2, 0) is 0 Å². The zero-order valence-electron chi connectivity index (χ0n) is 8.08. The maximum absolute atomic E-state index is 9.70. The summed E-state index contributed by atoms with van der Waals surface area (Å²) in [6.07, 6.45) is 1.25. The fourth-order valence-electron chi connectivity index (χ4n) is 1.72. The van der Waals surface area contributed by atoms with Crippen molar-refractivity contribution in [2.45, 2.75) is 25.9 Å². The third kappa shape index (κ3) is 2.73. The lowest BCUT2D eigenvalue weighted by Crippen LogP contribution is -2.45. The molecular formula is C9H20N2O. The van der Waals surface area contributed by atoms with Gasteiger partial charge < -0.3 is 15.7 Å². The largest absolute Gasteiger partial charge is 0.388 e. The molecule has 0 aromatic heterocycles. The number of aliphatic hydroxyl groups is 1. The highest BCUT2D eigenvalue weighted by Crippen LogP contribution is 2.17. The van der Waals surface area contributed by atoms with E-state index in [9.17, 15) is 5.11 Å². The van der Waals surface area contributed by atoms with Crippen LogP contribution in [0.15, 0.2) is 0 Å². The van der Waals surface area contributed by atoms with Crippen molar-refractivity contribution in [1.82, 2.24) is 4.90 Å². The van der Waals surface area contributed by atoms with Gasteiger partial charge in [-0.05, 0) is 25.8 Å². The van der Waals surface area contributed by atoms with Crippen molar-refractivity contribution in [3.05, 3.63) is 0 Å². The molecule has 3 nitrogen and oxygen atoms in total. The van der Waals surface area contributed by atoms with Gasteiger partial charge in [-0.15, -0.1) is 0 Å². The molecule has 3 N–H and O–H groups in total. The molecule has 1 saturated heterocycles. The molecule has 0 amide bonds. The summed E-state index contributed by atoms with van der Waals surface area (Å²) in [5.74, 6) is 0.776. The summed E-state index contributed by atoms with van der Waals surface area (Å²) in [5, 5.41) is 9.70. The molecule has 1 aliphatic rings. The highest BCUT2D eigenvalue weighted by molar-refractivity contribution is 4.82. The van der Waals surface area contributed by atoms with E-state index in [-0.39, 0.29) is 0 Å². The van der Waals surface area contributed by atoms with E-state index >= 15 is 0 Å². The average Bonchev–Trinajstić information content (AvgIpc) is 2.35. The number of β-amino-alcohol motifs (C(OH)–C–C–N with tert-alkyl or cyclic N) is 1. The number of hydrogen-bond donors (Lipinski definition) is 2. The van der Waals surface area contributed by atoms with Gasteiger partial charge in [0, 0.05) is 19.6 Å². The predicted octanol–water partition coefficient (Wildman–Crippen LogP) is 0.0379. The van der Waals surface area contributed by atoms with E-state index in [1.807, 2.05) is 0 Å².